The van der Waals surface area contributed by atoms with E-state index in [1.165, 1.54) is 0 Å². The SMILES string of the molecule is OCOCc1ccccc1. The molecule has 2 heteroatoms. The van der Waals surface area contributed by atoms with E-state index >= 15 is 0 Å². The maximum atomic E-state index is 8.31. The van der Waals surface area contributed by atoms with Crippen LogP contribution >= 0.6 is 0 Å². The van der Waals surface area contributed by atoms with E-state index < -0.39 is 0 Å². The fourth-order valence-electron chi connectivity index (χ4n) is 0.738. The molecule has 1 N–H and O–H groups in total. The highest BCUT2D eigenvalue weighted by molar-refractivity contribution is 5.13. The van der Waals surface area contributed by atoms with E-state index in [1.807, 2.05) is 30.3 Å². The quantitative estimate of drug-likeness (QED) is 0.635. The van der Waals surface area contributed by atoms with Crippen LogP contribution in [0.1, 0.15) is 5.56 Å². The molecule has 0 radical (unpaired) electrons. The van der Waals surface area contributed by atoms with Crippen molar-refractivity contribution < 1.29 is 9.84 Å². The third-order valence-electron chi connectivity index (χ3n) is 1.20. The number of rotatable bonds is 3. The van der Waals surface area contributed by atoms with E-state index in [1.54, 1.807) is 0 Å². The van der Waals surface area contributed by atoms with Crippen molar-refractivity contribution in [1.29, 1.82) is 0 Å². The minimum absolute atomic E-state index is 0.213. The van der Waals surface area contributed by atoms with Gasteiger partial charge in [0, 0.05) is 0 Å². The molecule has 0 spiro atoms. The lowest BCUT2D eigenvalue weighted by molar-refractivity contribution is -0.0112. The summed E-state index contributed by atoms with van der Waals surface area (Å²) in [5.74, 6) is 0. The highest BCUT2D eigenvalue weighted by atomic mass is 16.6. The topological polar surface area (TPSA) is 29.5 Å². The molecule has 1 aromatic carbocycles. The van der Waals surface area contributed by atoms with Crippen molar-refractivity contribution in [2.45, 2.75) is 6.61 Å². The van der Waals surface area contributed by atoms with E-state index in [0.717, 1.165) is 5.56 Å². The maximum absolute atomic E-state index is 8.31. The summed E-state index contributed by atoms with van der Waals surface area (Å²) in [4.78, 5) is 0. The Morgan fingerprint density at radius 2 is 1.90 bits per heavy atom. The Morgan fingerprint density at radius 3 is 2.50 bits per heavy atom. The second-order valence-corrected chi connectivity index (χ2v) is 1.96. The Hall–Kier alpha value is -0.860. The summed E-state index contributed by atoms with van der Waals surface area (Å²) in [7, 11) is 0. The molecule has 0 aromatic heterocycles. The summed E-state index contributed by atoms with van der Waals surface area (Å²) >= 11 is 0. The molecule has 0 amide bonds. The largest absolute Gasteiger partial charge is 0.371 e. The molecule has 0 aliphatic carbocycles. The summed E-state index contributed by atoms with van der Waals surface area (Å²) in [6.45, 7) is 0.270. The number of hydrogen-bond donors (Lipinski definition) is 1. The molecule has 1 rings (SSSR count). The predicted octanol–water partition coefficient (Wildman–Crippen LogP) is 1.15. The van der Waals surface area contributed by atoms with E-state index in [0.29, 0.717) is 6.61 Å². The average Bonchev–Trinajstić information content (AvgIpc) is 2.03. The van der Waals surface area contributed by atoms with Gasteiger partial charge in [0.2, 0.25) is 0 Å². The van der Waals surface area contributed by atoms with Gasteiger partial charge in [-0.15, -0.1) is 0 Å². The minimum Gasteiger partial charge on any atom is -0.371 e. The van der Waals surface area contributed by atoms with Gasteiger partial charge in [-0.25, -0.2) is 0 Å². The van der Waals surface area contributed by atoms with Gasteiger partial charge in [-0.1, -0.05) is 30.3 Å². The summed E-state index contributed by atoms with van der Waals surface area (Å²) in [5, 5.41) is 8.31. The zero-order chi connectivity index (χ0) is 7.23. The van der Waals surface area contributed by atoms with E-state index in [2.05, 4.69) is 0 Å². The molecule has 10 heavy (non-hydrogen) atoms. The van der Waals surface area contributed by atoms with E-state index in [4.69, 9.17) is 9.84 Å². The summed E-state index contributed by atoms with van der Waals surface area (Å²) < 4.78 is 4.78. The Kier molecular flexibility index (Phi) is 2.93. The molecule has 0 atom stereocenters. The van der Waals surface area contributed by atoms with Crippen molar-refractivity contribution in [1.82, 2.24) is 0 Å². The van der Waals surface area contributed by atoms with Gasteiger partial charge in [0.25, 0.3) is 0 Å². The molecule has 2 nitrogen and oxygen atoms in total. The van der Waals surface area contributed by atoms with Crippen LogP contribution < -0.4 is 0 Å². The van der Waals surface area contributed by atoms with Crippen molar-refractivity contribution in [2.75, 3.05) is 6.79 Å². The first kappa shape index (κ1) is 7.25. The first-order valence-corrected chi connectivity index (χ1v) is 3.16. The van der Waals surface area contributed by atoms with Crippen molar-refractivity contribution in [2.24, 2.45) is 0 Å². The molecule has 0 aliphatic heterocycles. The number of aliphatic hydroxyl groups excluding tert-OH is 1. The zero-order valence-electron chi connectivity index (χ0n) is 5.66. The fourth-order valence-corrected chi connectivity index (χ4v) is 0.738. The van der Waals surface area contributed by atoms with E-state index in [9.17, 15) is 0 Å². The number of aliphatic hydroxyl groups is 1. The van der Waals surface area contributed by atoms with E-state index in [-0.39, 0.29) is 6.79 Å². The second kappa shape index (κ2) is 4.04. The van der Waals surface area contributed by atoms with Gasteiger partial charge in [0.1, 0.15) is 6.79 Å². The van der Waals surface area contributed by atoms with Crippen molar-refractivity contribution >= 4 is 0 Å². The standard InChI is InChI=1S/C8H10O2/c9-7-10-6-8-4-2-1-3-5-8/h1-5,9H,6-7H2. The fraction of sp³-hybridized carbons (Fsp3) is 0.250. The van der Waals surface area contributed by atoms with Crippen LogP contribution in [0.25, 0.3) is 0 Å². The highest BCUT2D eigenvalue weighted by Gasteiger charge is 1.87. The summed E-state index contributed by atoms with van der Waals surface area (Å²) in [6.07, 6.45) is 0. The predicted molar refractivity (Wildman–Crippen MR) is 38.3 cm³/mol. The van der Waals surface area contributed by atoms with Crippen molar-refractivity contribution in [3.05, 3.63) is 35.9 Å². The van der Waals surface area contributed by atoms with Crippen LogP contribution in [0.3, 0.4) is 0 Å². The molecule has 0 aliphatic rings. The lowest BCUT2D eigenvalue weighted by Gasteiger charge is -1.98. The molecule has 0 fully saturated rings. The smallest absolute Gasteiger partial charge is 0.144 e. The molecule has 0 heterocycles. The molecule has 0 saturated carbocycles. The molecule has 54 valence electrons. The van der Waals surface area contributed by atoms with Gasteiger partial charge in [-0.05, 0) is 5.56 Å². The van der Waals surface area contributed by atoms with Crippen molar-refractivity contribution in [3.8, 4) is 0 Å². The van der Waals surface area contributed by atoms with Gasteiger partial charge in [0.05, 0.1) is 6.61 Å². The Morgan fingerprint density at radius 1 is 1.20 bits per heavy atom. The first-order valence-electron chi connectivity index (χ1n) is 3.16. The third kappa shape index (κ3) is 2.17. The number of benzene rings is 1. The zero-order valence-corrected chi connectivity index (χ0v) is 5.66. The van der Waals surface area contributed by atoms with Crippen molar-refractivity contribution in [3.63, 3.8) is 0 Å². The first-order chi connectivity index (χ1) is 4.93. The molecule has 0 unspecified atom stereocenters. The second-order valence-electron chi connectivity index (χ2n) is 1.96. The lowest BCUT2D eigenvalue weighted by atomic mass is 10.2. The van der Waals surface area contributed by atoms with Gasteiger partial charge in [-0.2, -0.15) is 0 Å². The molecule has 0 bridgehead atoms. The maximum Gasteiger partial charge on any atom is 0.144 e. The number of hydrogen-bond acceptors (Lipinski definition) is 2. The van der Waals surface area contributed by atoms with Gasteiger partial charge < -0.3 is 9.84 Å². The number of ether oxygens (including phenoxy) is 1. The monoisotopic (exact) mass is 138 g/mol. The van der Waals surface area contributed by atoms with Crippen LogP contribution in [-0.2, 0) is 11.3 Å². The Bertz CT molecular complexity index is 172. The summed E-state index contributed by atoms with van der Waals surface area (Å²) in [6, 6.07) is 9.74. The van der Waals surface area contributed by atoms with Crippen LogP contribution in [0.2, 0.25) is 0 Å². The van der Waals surface area contributed by atoms with Crippen LogP contribution in [0.5, 0.6) is 0 Å². The van der Waals surface area contributed by atoms with Crippen LogP contribution in [0.15, 0.2) is 30.3 Å². The molecular weight excluding hydrogens is 128 g/mol. The lowest BCUT2D eigenvalue weighted by Crippen LogP contribution is -1.92. The molecular formula is C8H10O2. The van der Waals surface area contributed by atoms with Crippen LogP contribution in [0, 0.1) is 0 Å². The van der Waals surface area contributed by atoms with Crippen LogP contribution in [0.4, 0.5) is 0 Å². The molecule has 0 saturated heterocycles. The normalized spacial score (nSPS) is 9.70. The van der Waals surface area contributed by atoms with Gasteiger partial charge in [-0.3, -0.25) is 0 Å². The average molecular weight is 138 g/mol. The Balaban J connectivity index is 2.43. The molecule has 1 aromatic rings. The van der Waals surface area contributed by atoms with Crippen LogP contribution in [-0.4, -0.2) is 11.9 Å². The van der Waals surface area contributed by atoms with Gasteiger partial charge in [0.15, 0.2) is 0 Å². The Labute approximate surface area is 60.1 Å². The van der Waals surface area contributed by atoms with Gasteiger partial charge >= 0.3 is 0 Å². The summed E-state index contributed by atoms with van der Waals surface area (Å²) in [5.41, 5.74) is 1.08. The highest BCUT2D eigenvalue weighted by Crippen LogP contribution is 1.98. The third-order valence-corrected chi connectivity index (χ3v) is 1.20. The minimum atomic E-state index is -0.213.